The second-order valence-electron chi connectivity index (χ2n) is 6.27. The monoisotopic (exact) mass is 404 g/mol. The van der Waals surface area contributed by atoms with Gasteiger partial charge in [0.15, 0.2) is 28.4 Å². The second-order valence-corrected chi connectivity index (χ2v) is 7.28. The Bertz CT molecular complexity index is 999. The van der Waals surface area contributed by atoms with Gasteiger partial charge in [0.05, 0.1) is 6.61 Å². The van der Waals surface area contributed by atoms with Crippen LogP contribution in [0.25, 0.3) is 11.2 Å². The molecule has 2 aromatic heterocycles. The molecule has 28 heavy (non-hydrogen) atoms. The van der Waals surface area contributed by atoms with Crippen LogP contribution < -0.4 is 11.5 Å². The molecule has 0 bridgehead atoms. The van der Waals surface area contributed by atoms with Crippen LogP contribution in [0.1, 0.15) is 6.23 Å². The van der Waals surface area contributed by atoms with Crippen LogP contribution in [-0.2, 0) is 9.47 Å². The molecule has 0 saturated carbocycles. The summed E-state index contributed by atoms with van der Waals surface area (Å²) in [6.07, 6.45) is -2.00. The summed E-state index contributed by atoms with van der Waals surface area (Å²) in [6, 6.07) is 7.37. The van der Waals surface area contributed by atoms with Crippen molar-refractivity contribution in [2.45, 2.75) is 34.6 Å². The van der Waals surface area contributed by atoms with Crippen molar-refractivity contribution in [3.05, 3.63) is 30.6 Å². The van der Waals surface area contributed by atoms with Crippen LogP contribution in [0.4, 0.5) is 11.5 Å². The highest BCUT2D eigenvalue weighted by molar-refractivity contribution is 7.99. The topological polar surface area (TPSA) is 155 Å². The van der Waals surface area contributed by atoms with Crippen molar-refractivity contribution in [3.8, 4) is 0 Å². The largest absolute Gasteiger partial charge is 0.398 e. The van der Waals surface area contributed by atoms with E-state index in [-0.39, 0.29) is 12.4 Å². The first-order valence-electron chi connectivity index (χ1n) is 8.53. The van der Waals surface area contributed by atoms with Gasteiger partial charge in [-0.2, -0.15) is 0 Å². The number of methoxy groups -OCH3 is 1. The summed E-state index contributed by atoms with van der Waals surface area (Å²) < 4.78 is 13.0. The molecule has 1 aliphatic heterocycles. The van der Waals surface area contributed by atoms with Crippen molar-refractivity contribution in [3.63, 3.8) is 0 Å². The fraction of sp³-hybridized carbons (Fsp3) is 0.353. The lowest BCUT2D eigenvalue weighted by Gasteiger charge is -2.21. The fourth-order valence-electron chi connectivity index (χ4n) is 3.21. The third kappa shape index (κ3) is 3.06. The summed E-state index contributed by atoms with van der Waals surface area (Å²) in [7, 11) is 1.47. The number of nitrogen functional groups attached to an aromatic ring is 2. The van der Waals surface area contributed by atoms with E-state index in [4.69, 9.17) is 20.9 Å². The van der Waals surface area contributed by atoms with E-state index < -0.39 is 24.5 Å². The molecule has 0 spiro atoms. The maximum Gasteiger partial charge on any atom is 0.177 e. The van der Waals surface area contributed by atoms with Gasteiger partial charge in [-0.25, -0.2) is 15.0 Å². The van der Waals surface area contributed by atoms with E-state index in [9.17, 15) is 10.2 Å². The standard InChI is InChI=1S/C17H20N6O4S/c1-26-13-12(25)9(6-24)27-16(13)23-15-11(14(19)20-7-21-15)22-17(23)28-10-5-3-2-4-8(10)18/h2-5,7,9,12-13,16,24-25H,6,18H2,1H3,(H2,19,20,21)/t9-,12-,13-,16-/m1/s1. The van der Waals surface area contributed by atoms with Gasteiger partial charge in [0.25, 0.3) is 0 Å². The van der Waals surface area contributed by atoms with Crippen LogP contribution in [0.15, 0.2) is 40.6 Å². The van der Waals surface area contributed by atoms with Crippen molar-refractivity contribution in [1.82, 2.24) is 19.5 Å². The number of aromatic nitrogens is 4. The van der Waals surface area contributed by atoms with E-state index >= 15 is 0 Å². The normalized spacial score (nSPS) is 24.8. The third-order valence-electron chi connectivity index (χ3n) is 4.61. The molecule has 0 aliphatic carbocycles. The molecule has 11 heteroatoms. The number of ether oxygens (including phenoxy) is 2. The Kier molecular flexibility index (Phi) is 5.08. The van der Waals surface area contributed by atoms with Gasteiger partial charge in [-0.05, 0) is 23.9 Å². The first kappa shape index (κ1) is 18.9. The number of rotatable bonds is 5. The minimum Gasteiger partial charge on any atom is -0.398 e. The van der Waals surface area contributed by atoms with Crippen LogP contribution in [0.5, 0.6) is 0 Å². The number of benzene rings is 1. The second kappa shape index (κ2) is 7.53. The van der Waals surface area contributed by atoms with Gasteiger partial charge in [-0.1, -0.05) is 12.1 Å². The Labute approximate surface area is 164 Å². The van der Waals surface area contributed by atoms with Crippen LogP contribution >= 0.6 is 11.8 Å². The third-order valence-corrected chi connectivity index (χ3v) is 5.67. The SMILES string of the molecule is CO[C@@H]1[C@H](O)[C@@H](CO)O[C@H]1n1c(Sc2ccccc2N)nc2c(N)ncnc21. The highest BCUT2D eigenvalue weighted by Crippen LogP contribution is 2.40. The van der Waals surface area contributed by atoms with E-state index in [0.717, 1.165) is 4.90 Å². The van der Waals surface area contributed by atoms with Crippen molar-refractivity contribution in [2.75, 3.05) is 25.2 Å². The van der Waals surface area contributed by atoms with Crippen molar-refractivity contribution in [2.24, 2.45) is 0 Å². The van der Waals surface area contributed by atoms with Gasteiger partial charge in [0.1, 0.15) is 24.6 Å². The van der Waals surface area contributed by atoms with Crippen LogP contribution in [0.3, 0.4) is 0 Å². The molecule has 0 amide bonds. The predicted octanol–water partition coefficient (Wildman–Crippen LogP) is 0.407. The molecular weight excluding hydrogens is 384 g/mol. The number of para-hydroxylation sites is 1. The highest BCUT2D eigenvalue weighted by Gasteiger charge is 2.46. The van der Waals surface area contributed by atoms with E-state index in [2.05, 4.69) is 15.0 Å². The Morgan fingerprint density at radius 2 is 2.07 bits per heavy atom. The fourth-order valence-corrected chi connectivity index (χ4v) is 4.17. The van der Waals surface area contributed by atoms with Crippen molar-refractivity contribution >= 4 is 34.4 Å². The highest BCUT2D eigenvalue weighted by atomic mass is 32.2. The van der Waals surface area contributed by atoms with E-state index in [1.165, 1.54) is 25.2 Å². The molecule has 3 heterocycles. The van der Waals surface area contributed by atoms with E-state index in [1.807, 2.05) is 18.2 Å². The molecule has 1 aliphatic rings. The predicted molar refractivity (Wildman–Crippen MR) is 103 cm³/mol. The summed E-state index contributed by atoms with van der Waals surface area (Å²) in [5, 5.41) is 20.5. The quantitative estimate of drug-likeness (QED) is 0.439. The molecule has 0 radical (unpaired) electrons. The number of hydrogen-bond donors (Lipinski definition) is 4. The number of hydrogen-bond acceptors (Lipinski definition) is 10. The van der Waals surface area contributed by atoms with Gasteiger partial charge in [0, 0.05) is 17.7 Å². The van der Waals surface area contributed by atoms with E-state index in [0.29, 0.717) is 22.0 Å². The van der Waals surface area contributed by atoms with Crippen molar-refractivity contribution in [1.29, 1.82) is 0 Å². The zero-order valence-electron chi connectivity index (χ0n) is 15.0. The number of imidazole rings is 1. The molecule has 0 unspecified atom stereocenters. The number of fused-ring (bicyclic) bond motifs is 1. The number of anilines is 2. The van der Waals surface area contributed by atoms with Crippen LogP contribution in [0.2, 0.25) is 0 Å². The number of aliphatic hydroxyl groups excluding tert-OH is 2. The van der Waals surface area contributed by atoms with E-state index in [1.54, 1.807) is 10.6 Å². The number of nitrogens with two attached hydrogens (primary N) is 2. The summed E-state index contributed by atoms with van der Waals surface area (Å²) in [4.78, 5) is 13.7. The molecule has 1 fully saturated rings. The molecule has 6 N–H and O–H groups in total. The Morgan fingerprint density at radius 3 is 2.79 bits per heavy atom. The molecule has 3 aromatic rings. The summed E-state index contributed by atoms with van der Waals surface area (Å²) in [6.45, 7) is -0.352. The van der Waals surface area contributed by atoms with Gasteiger partial charge >= 0.3 is 0 Å². The average Bonchev–Trinajstić information content (AvgIpc) is 3.21. The molecule has 10 nitrogen and oxygen atoms in total. The zero-order valence-corrected chi connectivity index (χ0v) is 15.8. The maximum absolute atomic E-state index is 10.4. The Hall–Kier alpha value is -2.44. The minimum absolute atomic E-state index is 0.220. The molecule has 148 valence electrons. The lowest BCUT2D eigenvalue weighted by molar-refractivity contribution is -0.0623. The first-order chi connectivity index (χ1) is 13.5. The molecular formula is C17H20N6O4S. The lowest BCUT2D eigenvalue weighted by atomic mass is 10.1. The maximum atomic E-state index is 10.4. The smallest absolute Gasteiger partial charge is 0.177 e. The van der Waals surface area contributed by atoms with Crippen molar-refractivity contribution < 1.29 is 19.7 Å². The summed E-state index contributed by atoms with van der Waals surface area (Å²) in [5.41, 5.74) is 13.5. The Morgan fingerprint density at radius 1 is 1.29 bits per heavy atom. The minimum atomic E-state index is -1.02. The summed E-state index contributed by atoms with van der Waals surface area (Å²) in [5.74, 6) is 0.220. The van der Waals surface area contributed by atoms with Gasteiger partial charge in [-0.3, -0.25) is 4.57 Å². The molecule has 4 rings (SSSR count). The van der Waals surface area contributed by atoms with Gasteiger partial charge < -0.3 is 31.2 Å². The van der Waals surface area contributed by atoms with Crippen LogP contribution in [0, 0.1) is 0 Å². The molecule has 4 atom stereocenters. The summed E-state index contributed by atoms with van der Waals surface area (Å²) >= 11 is 1.31. The first-order valence-corrected chi connectivity index (χ1v) is 9.34. The number of aliphatic hydroxyl groups is 2. The zero-order chi connectivity index (χ0) is 19.8. The van der Waals surface area contributed by atoms with Crippen LogP contribution in [-0.4, -0.2) is 61.8 Å². The molecule has 1 saturated heterocycles. The lowest BCUT2D eigenvalue weighted by Crippen LogP contribution is -2.34. The van der Waals surface area contributed by atoms with Gasteiger partial charge in [0.2, 0.25) is 0 Å². The Balaban J connectivity index is 1.86. The van der Waals surface area contributed by atoms with Gasteiger partial charge in [-0.15, -0.1) is 0 Å². The number of nitrogens with zero attached hydrogens (tertiary/aromatic N) is 4. The molecule has 1 aromatic carbocycles. The average molecular weight is 404 g/mol.